The number of hydrogen-bond donors (Lipinski definition) is 0. The molecule has 1 aliphatic rings. The Balaban J connectivity index is 1.41. The molecule has 200 valence electrons. The standard InChI is InChI=1S/C30H29N3O5S/c1-19-8-10-25(36-2)26-27(19)39-30(31-26)33(13-5-12-32-14-16-37-17-15-32)28(34)23-18-22-21-7-4-3-6-20(21)9-11-24(22)38-29(23)35/h3-4,6-11,18H,5,12-17H2,1-2H3. The van der Waals surface area contributed by atoms with E-state index in [4.69, 9.17) is 18.9 Å². The first kappa shape index (κ1) is 25.5. The Morgan fingerprint density at radius 2 is 1.92 bits per heavy atom. The number of benzene rings is 3. The van der Waals surface area contributed by atoms with Crippen LogP contribution in [-0.4, -0.2) is 62.3 Å². The molecule has 1 fully saturated rings. The summed E-state index contributed by atoms with van der Waals surface area (Å²) in [6, 6.07) is 17.1. The minimum atomic E-state index is -0.657. The van der Waals surface area contributed by atoms with Crippen LogP contribution in [0.4, 0.5) is 5.13 Å². The number of carbonyl (C=O) groups excluding carboxylic acids is 1. The van der Waals surface area contributed by atoms with E-state index >= 15 is 0 Å². The van der Waals surface area contributed by atoms with Gasteiger partial charge in [0.15, 0.2) is 5.13 Å². The first-order chi connectivity index (χ1) is 19.0. The van der Waals surface area contributed by atoms with Gasteiger partial charge in [-0.2, -0.15) is 0 Å². The Hall–Kier alpha value is -3.79. The highest BCUT2D eigenvalue weighted by Crippen LogP contribution is 2.37. The molecule has 1 saturated heterocycles. The van der Waals surface area contributed by atoms with Crippen LogP contribution in [0.25, 0.3) is 32.0 Å². The molecule has 1 aliphatic heterocycles. The van der Waals surface area contributed by atoms with Gasteiger partial charge in [0.2, 0.25) is 0 Å². The lowest BCUT2D eigenvalue weighted by Gasteiger charge is -2.27. The first-order valence-corrected chi connectivity index (χ1v) is 13.9. The number of aryl methyl sites for hydroxylation is 1. The first-order valence-electron chi connectivity index (χ1n) is 13.0. The highest BCUT2D eigenvalue weighted by molar-refractivity contribution is 7.22. The summed E-state index contributed by atoms with van der Waals surface area (Å²) in [4.78, 5) is 36.0. The van der Waals surface area contributed by atoms with Crippen molar-refractivity contribution in [1.82, 2.24) is 9.88 Å². The van der Waals surface area contributed by atoms with Crippen LogP contribution < -0.4 is 15.3 Å². The third-order valence-electron chi connectivity index (χ3n) is 7.22. The molecule has 5 aromatic rings. The van der Waals surface area contributed by atoms with Gasteiger partial charge in [-0.3, -0.25) is 14.6 Å². The summed E-state index contributed by atoms with van der Waals surface area (Å²) < 4.78 is 17.6. The summed E-state index contributed by atoms with van der Waals surface area (Å²) in [5.74, 6) is 0.228. The maximum Gasteiger partial charge on any atom is 0.349 e. The molecule has 6 rings (SSSR count). The van der Waals surface area contributed by atoms with Crippen LogP contribution in [0.15, 0.2) is 63.8 Å². The van der Waals surface area contributed by atoms with Gasteiger partial charge in [0, 0.05) is 31.6 Å². The Morgan fingerprint density at radius 3 is 2.74 bits per heavy atom. The number of anilines is 1. The number of nitrogens with zero attached hydrogens (tertiary/aromatic N) is 3. The summed E-state index contributed by atoms with van der Waals surface area (Å²) >= 11 is 1.43. The number of fused-ring (bicyclic) bond motifs is 4. The normalized spacial score (nSPS) is 14.3. The number of aromatic nitrogens is 1. The highest BCUT2D eigenvalue weighted by atomic mass is 32.1. The fourth-order valence-corrected chi connectivity index (χ4v) is 6.18. The topological polar surface area (TPSA) is 85.1 Å². The van der Waals surface area contributed by atoms with Gasteiger partial charge in [0.05, 0.1) is 25.0 Å². The number of thiazole rings is 1. The van der Waals surface area contributed by atoms with Crippen molar-refractivity contribution in [2.45, 2.75) is 13.3 Å². The van der Waals surface area contributed by atoms with Crippen LogP contribution in [0.3, 0.4) is 0 Å². The molecular weight excluding hydrogens is 514 g/mol. The molecule has 0 unspecified atom stereocenters. The molecular formula is C30H29N3O5S. The molecule has 2 aromatic heterocycles. The fourth-order valence-electron chi connectivity index (χ4n) is 5.11. The lowest BCUT2D eigenvalue weighted by Crippen LogP contribution is -2.40. The monoisotopic (exact) mass is 543 g/mol. The minimum Gasteiger partial charge on any atom is -0.494 e. The van der Waals surface area contributed by atoms with Crippen molar-refractivity contribution in [1.29, 1.82) is 0 Å². The van der Waals surface area contributed by atoms with E-state index in [1.807, 2.05) is 49.4 Å². The van der Waals surface area contributed by atoms with Gasteiger partial charge in [-0.1, -0.05) is 47.7 Å². The summed E-state index contributed by atoms with van der Waals surface area (Å²) in [6.45, 7) is 6.40. The number of carbonyl (C=O) groups is 1. The quantitative estimate of drug-likeness (QED) is 0.205. The summed E-state index contributed by atoms with van der Waals surface area (Å²) in [6.07, 6.45) is 0.722. The van der Waals surface area contributed by atoms with E-state index < -0.39 is 11.5 Å². The number of morpholine rings is 1. The van der Waals surface area contributed by atoms with Crippen molar-refractivity contribution in [3.05, 3.63) is 76.1 Å². The third kappa shape index (κ3) is 4.89. The third-order valence-corrected chi connectivity index (χ3v) is 8.43. The number of amides is 1. The van der Waals surface area contributed by atoms with Crippen molar-refractivity contribution < 1.29 is 18.7 Å². The Morgan fingerprint density at radius 1 is 1.10 bits per heavy atom. The second-order valence-electron chi connectivity index (χ2n) is 9.67. The van der Waals surface area contributed by atoms with Crippen molar-refractivity contribution in [3.8, 4) is 5.75 Å². The van der Waals surface area contributed by atoms with Crippen LogP contribution in [0.1, 0.15) is 22.3 Å². The molecule has 3 aromatic carbocycles. The van der Waals surface area contributed by atoms with Crippen molar-refractivity contribution >= 4 is 54.3 Å². The van der Waals surface area contributed by atoms with Gasteiger partial charge in [-0.05, 0) is 47.9 Å². The SMILES string of the molecule is COc1ccc(C)c2sc(N(CCCN3CCOCC3)C(=O)c3cc4c(ccc5ccccc54)oc3=O)nc12. The maximum atomic E-state index is 14.1. The number of hydrogen-bond acceptors (Lipinski definition) is 8. The highest BCUT2D eigenvalue weighted by Gasteiger charge is 2.26. The molecule has 0 spiro atoms. The fraction of sp³-hybridized carbons (Fsp3) is 0.300. The van der Waals surface area contributed by atoms with Crippen LogP contribution in [0, 0.1) is 6.92 Å². The largest absolute Gasteiger partial charge is 0.494 e. The van der Waals surface area contributed by atoms with Gasteiger partial charge in [-0.15, -0.1) is 0 Å². The zero-order valence-corrected chi connectivity index (χ0v) is 22.8. The second-order valence-corrected chi connectivity index (χ2v) is 10.6. The molecule has 39 heavy (non-hydrogen) atoms. The molecule has 0 N–H and O–H groups in total. The molecule has 3 heterocycles. The zero-order chi connectivity index (χ0) is 26.9. The zero-order valence-electron chi connectivity index (χ0n) is 21.9. The van der Waals surface area contributed by atoms with E-state index in [1.54, 1.807) is 24.1 Å². The van der Waals surface area contributed by atoms with E-state index in [1.165, 1.54) is 11.3 Å². The van der Waals surface area contributed by atoms with Gasteiger partial charge in [0.1, 0.15) is 22.4 Å². The number of rotatable bonds is 7. The summed E-state index contributed by atoms with van der Waals surface area (Å²) in [5, 5.41) is 3.19. The number of methoxy groups -OCH3 is 1. The molecule has 0 aliphatic carbocycles. The molecule has 1 amide bonds. The predicted molar refractivity (Wildman–Crippen MR) is 154 cm³/mol. The van der Waals surface area contributed by atoms with Gasteiger partial charge < -0.3 is 13.9 Å². The number of ether oxygens (including phenoxy) is 2. The van der Waals surface area contributed by atoms with Gasteiger partial charge >= 0.3 is 5.63 Å². The molecule has 9 heteroatoms. The van der Waals surface area contributed by atoms with E-state index in [0.717, 1.165) is 52.5 Å². The lowest BCUT2D eigenvalue weighted by molar-refractivity contribution is 0.0376. The molecule has 0 bridgehead atoms. The smallest absolute Gasteiger partial charge is 0.349 e. The maximum absolute atomic E-state index is 14.1. The lowest BCUT2D eigenvalue weighted by atomic mass is 10.0. The van der Waals surface area contributed by atoms with Crippen LogP contribution in [0.5, 0.6) is 5.75 Å². The van der Waals surface area contributed by atoms with Crippen LogP contribution in [-0.2, 0) is 4.74 Å². The molecule has 8 nitrogen and oxygen atoms in total. The Labute approximate surface area is 229 Å². The van der Waals surface area contributed by atoms with Crippen LogP contribution in [0.2, 0.25) is 0 Å². The summed E-state index contributed by atoms with van der Waals surface area (Å²) in [7, 11) is 1.61. The van der Waals surface area contributed by atoms with Gasteiger partial charge in [-0.25, -0.2) is 9.78 Å². The molecule has 0 atom stereocenters. The molecule has 0 radical (unpaired) electrons. The van der Waals surface area contributed by atoms with Crippen LogP contribution >= 0.6 is 11.3 Å². The predicted octanol–water partition coefficient (Wildman–Crippen LogP) is 5.24. The van der Waals surface area contributed by atoms with E-state index in [9.17, 15) is 9.59 Å². The van der Waals surface area contributed by atoms with Crippen molar-refractivity contribution in [3.63, 3.8) is 0 Å². The average molecular weight is 544 g/mol. The van der Waals surface area contributed by atoms with E-state index in [0.29, 0.717) is 41.7 Å². The Kier molecular flexibility index (Phi) is 7.03. The van der Waals surface area contributed by atoms with E-state index in [-0.39, 0.29) is 5.56 Å². The van der Waals surface area contributed by atoms with Gasteiger partial charge in [0.25, 0.3) is 5.91 Å². The summed E-state index contributed by atoms with van der Waals surface area (Å²) in [5.41, 5.74) is 1.55. The van der Waals surface area contributed by atoms with E-state index in [2.05, 4.69) is 4.90 Å². The second kappa shape index (κ2) is 10.8. The van der Waals surface area contributed by atoms with Crippen molar-refractivity contribution in [2.24, 2.45) is 0 Å². The van der Waals surface area contributed by atoms with Crippen molar-refractivity contribution in [2.75, 3.05) is 51.4 Å². The minimum absolute atomic E-state index is 0.00633. The molecule has 0 saturated carbocycles. The average Bonchev–Trinajstić information content (AvgIpc) is 3.41. The Bertz CT molecular complexity index is 1740.